The summed E-state index contributed by atoms with van der Waals surface area (Å²) in [5.74, 6) is 0. The van der Waals surface area contributed by atoms with Gasteiger partial charge in [-0.25, -0.2) is 4.98 Å². The Labute approximate surface area is 119 Å². The Balaban J connectivity index is 1.77. The predicted molar refractivity (Wildman–Crippen MR) is 79.4 cm³/mol. The van der Waals surface area contributed by atoms with Crippen LogP contribution >= 0.6 is 11.6 Å². The van der Waals surface area contributed by atoms with Gasteiger partial charge in [-0.15, -0.1) is 0 Å². The molecule has 1 aromatic carbocycles. The second-order valence-corrected chi connectivity index (χ2v) is 5.31. The molecule has 2 aromatic rings. The molecule has 0 saturated carbocycles. The fourth-order valence-electron chi connectivity index (χ4n) is 2.06. The molecule has 1 heterocycles. The molecule has 0 fully saturated rings. The van der Waals surface area contributed by atoms with Crippen molar-refractivity contribution < 1.29 is 0 Å². The molecule has 19 heavy (non-hydrogen) atoms. The van der Waals surface area contributed by atoms with Gasteiger partial charge in [0, 0.05) is 29.5 Å². The SMILES string of the molecule is CC(NCCC(C)n1ccnc1)c1ccc(Cl)cc1. The van der Waals surface area contributed by atoms with Crippen LogP contribution in [0.4, 0.5) is 0 Å². The molecule has 4 heteroatoms. The summed E-state index contributed by atoms with van der Waals surface area (Å²) >= 11 is 5.89. The van der Waals surface area contributed by atoms with Crippen molar-refractivity contribution in [3.8, 4) is 0 Å². The molecule has 2 unspecified atom stereocenters. The summed E-state index contributed by atoms with van der Waals surface area (Å²) in [5.41, 5.74) is 1.26. The molecule has 0 radical (unpaired) electrons. The topological polar surface area (TPSA) is 29.9 Å². The van der Waals surface area contributed by atoms with Crippen molar-refractivity contribution in [2.45, 2.75) is 32.4 Å². The van der Waals surface area contributed by atoms with Gasteiger partial charge in [0.15, 0.2) is 0 Å². The summed E-state index contributed by atoms with van der Waals surface area (Å²) in [4.78, 5) is 4.07. The Morgan fingerprint density at radius 2 is 2.00 bits per heavy atom. The lowest BCUT2D eigenvalue weighted by Gasteiger charge is -2.17. The zero-order valence-electron chi connectivity index (χ0n) is 11.4. The van der Waals surface area contributed by atoms with Gasteiger partial charge >= 0.3 is 0 Å². The zero-order valence-corrected chi connectivity index (χ0v) is 12.1. The Morgan fingerprint density at radius 3 is 2.63 bits per heavy atom. The van der Waals surface area contributed by atoms with Crippen LogP contribution in [0.3, 0.4) is 0 Å². The molecule has 2 rings (SSSR count). The lowest BCUT2D eigenvalue weighted by Crippen LogP contribution is -2.22. The summed E-state index contributed by atoms with van der Waals surface area (Å²) in [6.07, 6.45) is 6.77. The lowest BCUT2D eigenvalue weighted by atomic mass is 10.1. The van der Waals surface area contributed by atoms with Crippen LogP contribution in [-0.2, 0) is 0 Å². The van der Waals surface area contributed by atoms with Gasteiger partial charge in [0.1, 0.15) is 0 Å². The highest BCUT2D eigenvalue weighted by atomic mass is 35.5. The first kappa shape index (κ1) is 14.1. The number of halogens is 1. The Morgan fingerprint density at radius 1 is 1.26 bits per heavy atom. The number of hydrogen-bond donors (Lipinski definition) is 1. The molecule has 0 amide bonds. The summed E-state index contributed by atoms with van der Waals surface area (Å²) in [7, 11) is 0. The quantitative estimate of drug-likeness (QED) is 0.869. The highest BCUT2D eigenvalue weighted by molar-refractivity contribution is 6.30. The van der Waals surface area contributed by atoms with Gasteiger partial charge in [0.05, 0.1) is 6.33 Å². The molecule has 1 aromatic heterocycles. The van der Waals surface area contributed by atoms with Crippen LogP contribution in [0, 0.1) is 0 Å². The van der Waals surface area contributed by atoms with Crippen molar-refractivity contribution in [3.05, 3.63) is 53.6 Å². The summed E-state index contributed by atoms with van der Waals surface area (Å²) in [6.45, 7) is 5.35. The minimum atomic E-state index is 0.340. The first-order valence-corrected chi connectivity index (χ1v) is 7.01. The number of aromatic nitrogens is 2. The van der Waals surface area contributed by atoms with Gasteiger partial charge in [0.25, 0.3) is 0 Å². The minimum Gasteiger partial charge on any atom is -0.335 e. The van der Waals surface area contributed by atoms with Crippen LogP contribution in [0.5, 0.6) is 0 Å². The van der Waals surface area contributed by atoms with Gasteiger partial charge in [0.2, 0.25) is 0 Å². The van der Waals surface area contributed by atoms with E-state index in [0.29, 0.717) is 12.1 Å². The van der Waals surface area contributed by atoms with Gasteiger partial charge in [-0.3, -0.25) is 0 Å². The van der Waals surface area contributed by atoms with E-state index < -0.39 is 0 Å². The standard InChI is InChI=1S/C15H20ClN3/c1-12(19-10-9-17-11-19)7-8-18-13(2)14-3-5-15(16)6-4-14/h3-6,9-13,18H,7-8H2,1-2H3. The zero-order chi connectivity index (χ0) is 13.7. The third-order valence-corrected chi connectivity index (χ3v) is 3.67. The highest BCUT2D eigenvalue weighted by Gasteiger charge is 2.07. The van der Waals surface area contributed by atoms with Crippen LogP contribution in [-0.4, -0.2) is 16.1 Å². The van der Waals surface area contributed by atoms with Crippen LogP contribution < -0.4 is 5.32 Å². The average molecular weight is 278 g/mol. The lowest BCUT2D eigenvalue weighted by molar-refractivity contribution is 0.460. The van der Waals surface area contributed by atoms with Crippen molar-refractivity contribution >= 4 is 11.6 Å². The normalized spacial score (nSPS) is 14.3. The van der Waals surface area contributed by atoms with E-state index in [1.807, 2.05) is 30.9 Å². The average Bonchev–Trinajstić information content (AvgIpc) is 2.93. The maximum absolute atomic E-state index is 5.89. The molecule has 102 valence electrons. The number of rotatable bonds is 6. The highest BCUT2D eigenvalue weighted by Crippen LogP contribution is 2.16. The van der Waals surface area contributed by atoms with Crippen molar-refractivity contribution in [2.24, 2.45) is 0 Å². The fourth-order valence-corrected chi connectivity index (χ4v) is 2.18. The summed E-state index contributed by atoms with van der Waals surface area (Å²) in [5, 5.41) is 4.32. The van der Waals surface area contributed by atoms with Gasteiger partial charge in [-0.05, 0) is 44.5 Å². The maximum Gasteiger partial charge on any atom is 0.0948 e. The molecular weight excluding hydrogens is 258 g/mol. The van der Waals surface area contributed by atoms with E-state index in [2.05, 4.69) is 40.8 Å². The van der Waals surface area contributed by atoms with Gasteiger partial charge in [-0.2, -0.15) is 0 Å². The molecule has 1 N–H and O–H groups in total. The Kier molecular flexibility index (Phi) is 5.00. The largest absolute Gasteiger partial charge is 0.335 e. The summed E-state index contributed by atoms with van der Waals surface area (Å²) < 4.78 is 2.13. The van der Waals surface area contributed by atoms with Crippen LogP contribution in [0.15, 0.2) is 43.0 Å². The van der Waals surface area contributed by atoms with Crippen LogP contribution in [0.2, 0.25) is 5.02 Å². The van der Waals surface area contributed by atoms with Crippen LogP contribution in [0.25, 0.3) is 0 Å². The maximum atomic E-state index is 5.89. The van der Waals surface area contributed by atoms with Crippen molar-refractivity contribution in [2.75, 3.05) is 6.54 Å². The van der Waals surface area contributed by atoms with E-state index in [9.17, 15) is 0 Å². The monoisotopic (exact) mass is 277 g/mol. The van der Waals surface area contributed by atoms with Gasteiger partial charge < -0.3 is 9.88 Å². The van der Waals surface area contributed by atoms with Crippen molar-refractivity contribution in [1.29, 1.82) is 0 Å². The number of benzene rings is 1. The third-order valence-electron chi connectivity index (χ3n) is 3.42. The van der Waals surface area contributed by atoms with E-state index >= 15 is 0 Å². The molecule has 2 atom stereocenters. The van der Waals surface area contributed by atoms with E-state index in [4.69, 9.17) is 11.6 Å². The molecule has 0 aliphatic carbocycles. The fraction of sp³-hybridized carbons (Fsp3) is 0.400. The number of nitrogens with one attached hydrogen (secondary N) is 1. The Bertz CT molecular complexity index is 479. The molecule has 0 bridgehead atoms. The second-order valence-electron chi connectivity index (χ2n) is 4.87. The third kappa shape index (κ3) is 4.08. The molecule has 0 aliphatic heterocycles. The van der Waals surface area contributed by atoms with Crippen molar-refractivity contribution in [3.63, 3.8) is 0 Å². The molecule has 0 saturated heterocycles. The van der Waals surface area contributed by atoms with E-state index in [1.54, 1.807) is 0 Å². The van der Waals surface area contributed by atoms with E-state index in [1.165, 1.54) is 5.56 Å². The van der Waals surface area contributed by atoms with Crippen molar-refractivity contribution in [1.82, 2.24) is 14.9 Å². The number of hydrogen-bond acceptors (Lipinski definition) is 2. The van der Waals surface area contributed by atoms with E-state index in [-0.39, 0.29) is 0 Å². The second kappa shape index (κ2) is 6.73. The number of imidazole rings is 1. The van der Waals surface area contributed by atoms with E-state index in [0.717, 1.165) is 18.0 Å². The molecule has 3 nitrogen and oxygen atoms in total. The first-order valence-electron chi connectivity index (χ1n) is 6.63. The number of nitrogens with zero attached hydrogens (tertiary/aromatic N) is 2. The molecule has 0 spiro atoms. The summed E-state index contributed by atoms with van der Waals surface area (Å²) in [6, 6.07) is 8.81. The Hall–Kier alpha value is -1.32. The first-order chi connectivity index (χ1) is 9.16. The smallest absolute Gasteiger partial charge is 0.0948 e. The van der Waals surface area contributed by atoms with Crippen LogP contribution in [0.1, 0.15) is 37.9 Å². The van der Waals surface area contributed by atoms with Gasteiger partial charge in [-0.1, -0.05) is 23.7 Å². The molecule has 0 aliphatic rings. The minimum absolute atomic E-state index is 0.340. The predicted octanol–water partition coefficient (Wildman–Crippen LogP) is 3.84. The molecular formula is C15H20ClN3.